The number of aromatic nitrogens is 1. The normalized spacial score (nSPS) is 10.5. The third-order valence-electron chi connectivity index (χ3n) is 2.00. The van der Waals surface area contributed by atoms with Crippen molar-refractivity contribution in [2.75, 3.05) is 0 Å². The molecule has 1 N–H and O–H groups in total. The second kappa shape index (κ2) is 6.01. The number of hydrogen-bond donors (Lipinski definition) is 1. The number of ether oxygens (including phenoxy) is 1. The van der Waals surface area contributed by atoms with Crippen molar-refractivity contribution in [1.82, 2.24) is 10.3 Å². The molecule has 0 saturated heterocycles. The van der Waals surface area contributed by atoms with E-state index in [1.165, 1.54) is 0 Å². The molecule has 0 bridgehead atoms. The van der Waals surface area contributed by atoms with Crippen molar-refractivity contribution in [1.29, 1.82) is 5.26 Å². The fourth-order valence-corrected chi connectivity index (χ4v) is 1.26. The number of nitrogens with zero attached hydrogens (tertiary/aromatic N) is 3. The molecule has 0 atom stereocenters. The molecule has 88 valence electrons. The lowest BCUT2D eigenvalue weighted by atomic mass is 10.3. The van der Waals surface area contributed by atoms with E-state index in [4.69, 9.17) is 10.00 Å². The van der Waals surface area contributed by atoms with Gasteiger partial charge < -0.3 is 4.74 Å². The minimum atomic E-state index is 0.108. The van der Waals surface area contributed by atoms with Gasteiger partial charge in [0.05, 0.1) is 11.9 Å². The minimum Gasteiger partial charge on any atom is -0.425 e. The first kappa shape index (κ1) is 11.6. The van der Waals surface area contributed by atoms with Crippen LogP contribution in [-0.4, -0.2) is 11.0 Å². The Hall–Kier alpha value is -2.87. The number of nitriles is 1. The predicted octanol–water partition coefficient (Wildman–Crippen LogP) is 2.22. The fourth-order valence-electron chi connectivity index (χ4n) is 1.26. The minimum absolute atomic E-state index is 0.108. The predicted molar refractivity (Wildman–Crippen MR) is 67.2 cm³/mol. The zero-order chi connectivity index (χ0) is 12.6. The van der Waals surface area contributed by atoms with E-state index in [2.05, 4.69) is 15.3 Å². The monoisotopic (exact) mass is 238 g/mol. The van der Waals surface area contributed by atoms with E-state index in [1.54, 1.807) is 42.9 Å². The smallest absolute Gasteiger partial charge is 0.309 e. The van der Waals surface area contributed by atoms with Crippen LogP contribution in [0, 0.1) is 11.5 Å². The van der Waals surface area contributed by atoms with Gasteiger partial charge in [0.15, 0.2) is 6.19 Å². The van der Waals surface area contributed by atoms with Crippen LogP contribution in [0.5, 0.6) is 5.75 Å². The van der Waals surface area contributed by atoms with E-state index >= 15 is 0 Å². The van der Waals surface area contributed by atoms with Gasteiger partial charge >= 0.3 is 6.02 Å². The first-order chi connectivity index (χ1) is 8.88. The Morgan fingerprint density at radius 1 is 1.22 bits per heavy atom. The lowest BCUT2D eigenvalue weighted by Gasteiger charge is -2.05. The Bertz CT molecular complexity index is 561. The Morgan fingerprint density at radius 3 is 2.72 bits per heavy atom. The Balaban J connectivity index is 2.19. The summed E-state index contributed by atoms with van der Waals surface area (Å²) in [6.45, 7) is 0. The number of nitrogens with one attached hydrogen (secondary N) is 1. The summed E-state index contributed by atoms with van der Waals surface area (Å²) in [5.74, 6) is 0.600. The van der Waals surface area contributed by atoms with E-state index in [0.29, 0.717) is 11.4 Å². The summed E-state index contributed by atoms with van der Waals surface area (Å²) in [7, 11) is 0. The zero-order valence-corrected chi connectivity index (χ0v) is 9.45. The quantitative estimate of drug-likeness (QED) is 0.377. The van der Waals surface area contributed by atoms with Crippen LogP contribution in [0.3, 0.4) is 0 Å². The summed E-state index contributed by atoms with van der Waals surface area (Å²) < 4.78 is 5.45. The summed E-state index contributed by atoms with van der Waals surface area (Å²) in [6.07, 6.45) is 5.01. The van der Waals surface area contributed by atoms with Crippen LogP contribution in [0.25, 0.3) is 0 Å². The second-order valence-electron chi connectivity index (χ2n) is 3.28. The topological polar surface area (TPSA) is 70.3 Å². The molecule has 0 unspecified atom stereocenters. The van der Waals surface area contributed by atoms with Gasteiger partial charge in [-0.2, -0.15) is 10.3 Å². The highest BCUT2D eigenvalue weighted by Crippen LogP contribution is 2.12. The van der Waals surface area contributed by atoms with Crippen LogP contribution >= 0.6 is 0 Å². The summed E-state index contributed by atoms with van der Waals surface area (Å²) in [4.78, 5) is 8.07. The van der Waals surface area contributed by atoms with Gasteiger partial charge in [-0.15, -0.1) is 0 Å². The van der Waals surface area contributed by atoms with Crippen molar-refractivity contribution in [2.24, 2.45) is 4.99 Å². The van der Waals surface area contributed by atoms with E-state index in [1.807, 2.05) is 18.2 Å². The van der Waals surface area contributed by atoms with E-state index in [-0.39, 0.29) is 6.02 Å². The van der Waals surface area contributed by atoms with Crippen LogP contribution in [-0.2, 0) is 0 Å². The molecule has 0 amide bonds. The Labute approximate surface area is 104 Å². The van der Waals surface area contributed by atoms with Gasteiger partial charge in [-0.1, -0.05) is 18.2 Å². The molecular formula is C13H10N4O. The lowest BCUT2D eigenvalue weighted by molar-refractivity contribution is 0.531. The van der Waals surface area contributed by atoms with Crippen LogP contribution < -0.4 is 10.1 Å². The average molecular weight is 238 g/mol. The molecule has 1 aromatic heterocycles. The third-order valence-corrected chi connectivity index (χ3v) is 2.00. The summed E-state index contributed by atoms with van der Waals surface area (Å²) >= 11 is 0. The lowest BCUT2D eigenvalue weighted by Crippen LogP contribution is -2.23. The molecule has 0 spiro atoms. The molecule has 0 radical (unpaired) electrons. The molecule has 18 heavy (non-hydrogen) atoms. The Kier molecular flexibility index (Phi) is 3.88. The molecule has 0 aliphatic carbocycles. The van der Waals surface area contributed by atoms with Gasteiger partial charge in [-0.25, -0.2) is 5.32 Å². The molecule has 0 aliphatic heterocycles. The van der Waals surface area contributed by atoms with Gasteiger partial charge in [-0.05, 0) is 24.3 Å². The van der Waals surface area contributed by atoms with Gasteiger partial charge in [0.1, 0.15) is 5.75 Å². The summed E-state index contributed by atoms with van der Waals surface area (Å²) in [6, 6.07) is 12.7. The summed E-state index contributed by atoms with van der Waals surface area (Å²) in [5, 5.41) is 11.0. The fraction of sp³-hybridized carbons (Fsp3) is 0. The maximum absolute atomic E-state index is 8.66. The van der Waals surface area contributed by atoms with Gasteiger partial charge in [0.2, 0.25) is 0 Å². The van der Waals surface area contributed by atoms with Crippen molar-refractivity contribution >= 4 is 11.7 Å². The molecule has 5 heteroatoms. The maximum atomic E-state index is 8.66. The SMILES string of the molecule is N#CNC(=Nc1cccnc1)Oc1ccccc1. The van der Waals surface area contributed by atoms with Crippen molar-refractivity contribution in [2.45, 2.75) is 0 Å². The van der Waals surface area contributed by atoms with Crippen molar-refractivity contribution in [3.63, 3.8) is 0 Å². The molecule has 2 aromatic rings. The van der Waals surface area contributed by atoms with Crippen molar-refractivity contribution in [3.05, 3.63) is 54.9 Å². The van der Waals surface area contributed by atoms with Gasteiger partial charge in [0.25, 0.3) is 0 Å². The van der Waals surface area contributed by atoms with E-state index in [9.17, 15) is 0 Å². The van der Waals surface area contributed by atoms with Crippen molar-refractivity contribution < 1.29 is 4.74 Å². The van der Waals surface area contributed by atoms with Crippen LogP contribution in [0.15, 0.2) is 59.9 Å². The zero-order valence-electron chi connectivity index (χ0n) is 9.45. The van der Waals surface area contributed by atoms with Crippen LogP contribution in [0.4, 0.5) is 5.69 Å². The molecular weight excluding hydrogens is 228 g/mol. The first-order valence-electron chi connectivity index (χ1n) is 5.25. The van der Waals surface area contributed by atoms with E-state index < -0.39 is 0 Å². The van der Waals surface area contributed by atoms with Crippen molar-refractivity contribution in [3.8, 4) is 11.9 Å². The number of amidine groups is 1. The van der Waals surface area contributed by atoms with Gasteiger partial charge in [0, 0.05) is 6.20 Å². The molecule has 1 heterocycles. The highest BCUT2D eigenvalue weighted by atomic mass is 16.5. The van der Waals surface area contributed by atoms with Gasteiger partial charge in [-0.3, -0.25) is 4.98 Å². The molecule has 0 fully saturated rings. The average Bonchev–Trinajstić information content (AvgIpc) is 2.41. The maximum Gasteiger partial charge on any atom is 0.309 e. The highest BCUT2D eigenvalue weighted by Gasteiger charge is 2.01. The number of benzene rings is 1. The van der Waals surface area contributed by atoms with E-state index in [0.717, 1.165) is 0 Å². The number of pyridine rings is 1. The Morgan fingerprint density at radius 2 is 2.06 bits per heavy atom. The standard InChI is InChI=1S/C13H10N4O/c14-10-16-13(17-11-5-4-8-15-9-11)18-12-6-2-1-3-7-12/h1-9H,(H,16,17). The second-order valence-corrected chi connectivity index (χ2v) is 3.28. The van der Waals surface area contributed by atoms with Crippen LogP contribution in [0.1, 0.15) is 0 Å². The molecule has 0 saturated carbocycles. The molecule has 5 nitrogen and oxygen atoms in total. The molecule has 1 aromatic carbocycles. The molecule has 2 rings (SSSR count). The number of hydrogen-bond acceptors (Lipinski definition) is 4. The highest BCUT2D eigenvalue weighted by molar-refractivity contribution is 5.80. The first-order valence-corrected chi connectivity index (χ1v) is 5.25. The largest absolute Gasteiger partial charge is 0.425 e. The number of para-hydroxylation sites is 1. The third kappa shape index (κ3) is 3.32. The number of rotatable bonds is 2. The molecule has 0 aliphatic rings. The number of aliphatic imine (C=N–C) groups is 1. The van der Waals surface area contributed by atoms with Crippen LogP contribution in [0.2, 0.25) is 0 Å². The summed E-state index contributed by atoms with van der Waals surface area (Å²) in [5.41, 5.74) is 0.603.